The van der Waals surface area contributed by atoms with Gasteiger partial charge < -0.3 is 13.3 Å². The molecule has 11 aromatic rings. The molecule has 0 amide bonds. The molecule has 0 aliphatic heterocycles. The first-order chi connectivity index (χ1) is 25.2. The predicted molar refractivity (Wildman–Crippen MR) is 203 cm³/mol. The minimum Gasteiger partial charge on any atom is -0.456 e. The quantitative estimate of drug-likeness (QED) is 0.188. The SMILES string of the molecule is c1ccc(-c2nc(-c3ccc4oc5ccc(-c6cccc7c6oc6ccccc67)cc5c4c3)nc(-c3cccc4c3oc3ccccc34)n2)cc1. The van der Waals surface area contributed by atoms with Crippen LogP contribution in [0.2, 0.25) is 0 Å². The van der Waals surface area contributed by atoms with Crippen molar-refractivity contribution in [2.75, 3.05) is 0 Å². The molecule has 0 unspecified atom stereocenters. The van der Waals surface area contributed by atoms with Gasteiger partial charge in [-0.2, -0.15) is 0 Å². The maximum Gasteiger partial charge on any atom is 0.167 e. The lowest BCUT2D eigenvalue weighted by Crippen LogP contribution is -2.00. The molecule has 0 saturated carbocycles. The van der Waals surface area contributed by atoms with Crippen LogP contribution < -0.4 is 0 Å². The van der Waals surface area contributed by atoms with Crippen LogP contribution in [0.25, 0.3) is 111 Å². The highest BCUT2D eigenvalue weighted by Gasteiger charge is 2.19. The number of hydrogen-bond donors (Lipinski definition) is 0. The van der Waals surface area contributed by atoms with Gasteiger partial charge in [-0.25, -0.2) is 15.0 Å². The van der Waals surface area contributed by atoms with Gasteiger partial charge in [-0.15, -0.1) is 0 Å². The third-order valence-corrected chi connectivity index (χ3v) is 9.76. The number of benzene rings is 7. The molecule has 4 aromatic heterocycles. The highest BCUT2D eigenvalue weighted by atomic mass is 16.3. The van der Waals surface area contributed by atoms with Gasteiger partial charge in [0.05, 0.1) is 5.56 Å². The molecule has 0 aliphatic rings. The van der Waals surface area contributed by atoms with E-state index in [-0.39, 0.29) is 0 Å². The first-order valence-corrected chi connectivity index (χ1v) is 16.8. The van der Waals surface area contributed by atoms with Gasteiger partial charge in [0, 0.05) is 49.0 Å². The molecule has 6 nitrogen and oxygen atoms in total. The topological polar surface area (TPSA) is 78.1 Å². The van der Waals surface area contributed by atoms with Crippen molar-refractivity contribution >= 4 is 65.8 Å². The first-order valence-electron chi connectivity index (χ1n) is 16.8. The summed E-state index contributed by atoms with van der Waals surface area (Å²) in [6, 6.07) is 51.1. The summed E-state index contributed by atoms with van der Waals surface area (Å²) in [7, 11) is 0. The van der Waals surface area contributed by atoms with Crippen LogP contribution in [0, 0.1) is 0 Å². The van der Waals surface area contributed by atoms with Crippen LogP contribution in [0.3, 0.4) is 0 Å². The number of furan rings is 3. The van der Waals surface area contributed by atoms with Crippen molar-refractivity contribution in [3.63, 3.8) is 0 Å². The van der Waals surface area contributed by atoms with Crippen molar-refractivity contribution in [2.45, 2.75) is 0 Å². The molecule has 0 fully saturated rings. The van der Waals surface area contributed by atoms with Crippen LogP contribution in [0.5, 0.6) is 0 Å². The molecule has 0 spiro atoms. The van der Waals surface area contributed by atoms with E-state index < -0.39 is 0 Å². The zero-order valence-corrected chi connectivity index (χ0v) is 27.0. The third-order valence-electron chi connectivity index (χ3n) is 9.76. The van der Waals surface area contributed by atoms with Gasteiger partial charge in [-0.05, 0) is 54.1 Å². The Morgan fingerprint density at radius 3 is 1.47 bits per heavy atom. The van der Waals surface area contributed by atoms with Gasteiger partial charge in [0.25, 0.3) is 0 Å². The summed E-state index contributed by atoms with van der Waals surface area (Å²) in [5.41, 5.74) is 9.56. The summed E-state index contributed by atoms with van der Waals surface area (Å²) in [6.45, 7) is 0. The van der Waals surface area contributed by atoms with E-state index in [2.05, 4.69) is 54.6 Å². The number of rotatable bonds is 4. The van der Waals surface area contributed by atoms with Gasteiger partial charge in [0.1, 0.15) is 33.5 Å². The molecule has 4 heterocycles. The lowest BCUT2D eigenvalue weighted by molar-refractivity contribution is 0.668. The standard InChI is InChI=1S/C45H25N3O3/c1-2-10-26(11-3-1)43-46-44(48-45(47-43)34-17-9-16-33-31-13-5-7-19-38(31)51-42(33)34)28-21-23-40-36(25-28)35-24-27(20-22-39(35)49-40)29-14-8-15-32-30-12-4-6-18-37(30)50-41(29)32/h1-25H. The molecule has 11 rings (SSSR count). The van der Waals surface area contributed by atoms with Gasteiger partial charge in [0.15, 0.2) is 17.5 Å². The Morgan fingerprint density at radius 1 is 0.294 bits per heavy atom. The van der Waals surface area contributed by atoms with Crippen LogP contribution in [0.4, 0.5) is 0 Å². The molecule has 0 radical (unpaired) electrons. The molecule has 0 aliphatic carbocycles. The molecule has 51 heavy (non-hydrogen) atoms. The van der Waals surface area contributed by atoms with E-state index in [1.807, 2.05) is 97.1 Å². The van der Waals surface area contributed by atoms with E-state index in [0.29, 0.717) is 17.5 Å². The number of aromatic nitrogens is 3. The highest BCUT2D eigenvalue weighted by molar-refractivity contribution is 6.12. The Balaban J connectivity index is 1.10. The van der Waals surface area contributed by atoms with Crippen molar-refractivity contribution in [3.8, 4) is 45.3 Å². The summed E-state index contributed by atoms with van der Waals surface area (Å²) in [4.78, 5) is 15.1. The fraction of sp³-hybridized carbons (Fsp3) is 0. The van der Waals surface area contributed by atoms with Crippen molar-refractivity contribution < 1.29 is 13.3 Å². The van der Waals surface area contributed by atoms with E-state index in [4.69, 9.17) is 28.2 Å². The van der Waals surface area contributed by atoms with Crippen LogP contribution >= 0.6 is 0 Å². The average Bonchev–Trinajstić information content (AvgIpc) is 3.89. The number of nitrogens with zero attached hydrogens (tertiary/aromatic N) is 3. The molecule has 0 saturated heterocycles. The van der Waals surface area contributed by atoms with Crippen molar-refractivity contribution in [1.82, 2.24) is 15.0 Å². The van der Waals surface area contributed by atoms with E-state index >= 15 is 0 Å². The second-order valence-corrected chi connectivity index (χ2v) is 12.8. The van der Waals surface area contributed by atoms with Crippen molar-refractivity contribution in [2.24, 2.45) is 0 Å². The number of hydrogen-bond acceptors (Lipinski definition) is 6. The Kier molecular flexibility index (Phi) is 5.86. The van der Waals surface area contributed by atoms with Gasteiger partial charge in [-0.3, -0.25) is 0 Å². The van der Waals surface area contributed by atoms with Crippen LogP contribution in [0.1, 0.15) is 0 Å². The zero-order valence-electron chi connectivity index (χ0n) is 27.0. The van der Waals surface area contributed by atoms with E-state index in [1.54, 1.807) is 0 Å². The molecule has 0 N–H and O–H groups in total. The Morgan fingerprint density at radius 2 is 0.784 bits per heavy atom. The fourth-order valence-corrected chi connectivity index (χ4v) is 7.32. The van der Waals surface area contributed by atoms with Gasteiger partial charge in [0.2, 0.25) is 0 Å². The molecular formula is C45H25N3O3. The fourth-order valence-electron chi connectivity index (χ4n) is 7.32. The number of para-hydroxylation sites is 4. The Bertz CT molecular complexity index is 3150. The maximum absolute atomic E-state index is 6.40. The van der Waals surface area contributed by atoms with Crippen LogP contribution in [-0.4, -0.2) is 15.0 Å². The molecule has 7 aromatic carbocycles. The lowest BCUT2D eigenvalue weighted by Gasteiger charge is -2.09. The summed E-state index contributed by atoms with van der Waals surface area (Å²) in [6.07, 6.45) is 0. The smallest absolute Gasteiger partial charge is 0.167 e. The van der Waals surface area contributed by atoms with E-state index in [0.717, 1.165) is 93.6 Å². The maximum atomic E-state index is 6.40. The predicted octanol–water partition coefficient (Wildman–Crippen LogP) is 12.2. The van der Waals surface area contributed by atoms with Gasteiger partial charge in [-0.1, -0.05) is 103 Å². The average molecular weight is 656 g/mol. The third kappa shape index (κ3) is 4.33. The minimum atomic E-state index is 0.543. The second-order valence-electron chi connectivity index (χ2n) is 12.8. The summed E-state index contributed by atoms with van der Waals surface area (Å²) in [5.74, 6) is 1.69. The van der Waals surface area contributed by atoms with Crippen molar-refractivity contribution in [3.05, 3.63) is 152 Å². The highest BCUT2D eigenvalue weighted by Crippen LogP contribution is 2.40. The number of fused-ring (bicyclic) bond motifs is 9. The molecule has 238 valence electrons. The van der Waals surface area contributed by atoms with E-state index in [9.17, 15) is 0 Å². The largest absolute Gasteiger partial charge is 0.456 e. The normalized spacial score (nSPS) is 11.9. The van der Waals surface area contributed by atoms with Crippen molar-refractivity contribution in [1.29, 1.82) is 0 Å². The van der Waals surface area contributed by atoms with Gasteiger partial charge >= 0.3 is 0 Å². The summed E-state index contributed by atoms with van der Waals surface area (Å²) < 4.78 is 19.1. The first kappa shape index (κ1) is 27.9. The monoisotopic (exact) mass is 655 g/mol. The summed E-state index contributed by atoms with van der Waals surface area (Å²) in [5, 5.41) is 6.26. The van der Waals surface area contributed by atoms with Crippen LogP contribution in [-0.2, 0) is 0 Å². The molecular weight excluding hydrogens is 631 g/mol. The summed E-state index contributed by atoms with van der Waals surface area (Å²) >= 11 is 0. The van der Waals surface area contributed by atoms with Crippen LogP contribution in [0.15, 0.2) is 165 Å². The minimum absolute atomic E-state index is 0.543. The second kappa shape index (κ2) is 10.7. The molecule has 0 bridgehead atoms. The zero-order chi connectivity index (χ0) is 33.5. The Hall–Kier alpha value is -7.05. The molecule has 0 atom stereocenters. The Labute approximate surface area is 290 Å². The lowest BCUT2D eigenvalue weighted by atomic mass is 10.00. The van der Waals surface area contributed by atoms with E-state index in [1.165, 1.54) is 0 Å². The molecule has 6 heteroatoms.